The normalized spacial score (nSPS) is 14.7. The first-order chi connectivity index (χ1) is 10.1. The third kappa shape index (κ3) is 6.52. The molecular weight excluding hydrogens is 260 g/mol. The van der Waals surface area contributed by atoms with E-state index >= 15 is 0 Å². The summed E-state index contributed by atoms with van der Waals surface area (Å²) in [7, 11) is 1.81. The number of nitrogens with zero attached hydrogens (tertiary/aromatic N) is 1. The number of benzene rings is 1. The van der Waals surface area contributed by atoms with Crippen molar-refractivity contribution in [1.29, 1.82) is 0 Å². The molecule has 0 spiro atoms. The number of nitrogens with one attached hydrogen (secondary N) is 3. The zero-order chi connectivity index (χ0) is 15.7. The molecule has 0 saturated heterocycles. The van der Waals surface area contributed by atoms with E-state index in [1.54, 1.807) is 0 Å². The molecular formula is C17H30N4. The van der Waals surface area contributed by atoms with Crippen molar-refractivity contribution in [3.8, 4) is 0 Å². The average molecular weight is 290 g/mol. The highest BCUT2D eigenvalue weighted by Gasteiger charge is 2.14. The second-order valence-electron chi connectivity index (χ2n) is 5.77. The van der Waals surface area contributed by atoms with E-state index in [9.17, 15) is 0 Å². The summed E-state index contributed by atoms with van der Waals surface area (Å²) >= 11 is 0. The summed E-state index contributed by atoms with van der Waals surface area (Å²) < 4.78 is 0. The van der Waals surface area contributed by atoms with Gasteiger partial charge in [-0.1, -0.05) is 39.0 Å². The highest BCUT2D eigenvalue weighted by molar-refractivity contribution is 5.80. The monoisotopic (exact) mass is 290 g/mol. The second-order valence-corrected chi connectivity index (χ2v) is 5.77. The van der Waals surface area contributed by atoms with Gasteiger partial charge in [-0.15, -0.1) is 0 Å². The largest absolute Gasteiger partial charge is 0.380 e. The van der Waals surface area contributed by atoms with Crippen LogP contribution >= 0.6 is 0 Å². The molecule has 0 bridgehead atoms. The fraction of sp³-hybridized carbons (Fsp3) is 0.588. The van der Waals surface area contributed by atoms with Crippen molar-refractivity contribution < 1.29 is 0 Å². The number of rotatable bonds is 7. The number of hydrogen-bond donors (Lipinski definition) is 3. The summed E-state index contributed by atoms with van der Waals surface area (Å²) in [5.74, 6) is 1.39. The molecule has 0 heterocycles. The van der Waals surface area contributed by atoms with Crippen LogP contribution < -0.4 is 16.0 Å². The molecule has 0 fully saturated rings. The van der Waals surface area contributed by atoms with Crippen LogP contribution in [-0.4, -0.2) is 31.6 Å². The maximum Gasteiger partial charge on any atom is 0.191 e. The van der Waals surface area contributed by atoms with Gasteiger partial charge in [0.1, 0.15) is 0 Å². The van der Waals surface area contributed by atoms with E-state index in [0.717, 1.165) is 24.6 Å². The molecule has 0 amide bonds. The molecule has 4 heteroatoms. The lowest BCUT2D eigenvalue weighted by molar-refractivity contribution is 0.509. The van der Waals surface area contributed by atoms with Crippen LogP contribution in [0.1, 0.15) is 34.1 Å². The van der Waals surface area contributed by atoms with Crippen molar-refractivity contribution >= 4 is 11.6 Å². The molecule has 0 saturated carbocycles. The molecule has 0 aliphatic rings. The topological polar surface area (TPSA) is 48.5 Å². The molecule has 2 unspecified atom stereocenters. The number of anilines is 1. The van der Waals surface area contributed by atoms with Gasteiger partial charge in [0.2, 0.25) is 0 Å². The van der Waals surface area contributed by atoms with Gasteiger partial charge in [-0.25, -0.2) is 0 Å². The van der Waals surface area contributed by atoms with Crippen LogP contribution in [0.4, 0.5) is 5.69 Å². The fourth-order valence-corrected chi connectivity index (χ4v) is 1.94. The predicted molar refractivity (Wildman–Crippen MR) is 92.9 cm³/mol. The van der Waals surface area contributed by atoms with E-state index in [1.807, 2.05) is 13.1 Å². The van der Waals surface area contributed by atoms with Gasteiger partial charge in [-0.05, 0) is 31.4 Å². The quantitative estimate of drug-likeness (QED) is 0.534. The summed E-state index contributed by atoms with van der Waals surface area (Å²) in [6.07, 6.45) is 1.08. The van der Waals surface area contributed by atoms with Crippen LogP contribution in [0, 0.1) is 5.92 Å². The Kier molecular flexibility index (Phi) is 7.65. The van der Waals surface area contributed by atoms with Crippen molar-refractivity contribution in [3.63, 3.8) is 0 Å². The minimum Gasteiger partial charge on any atom is -0.380 e. The molecule has 0 aromatic heterocycles. The lowest BCUT2D eigenvalue weighted by Gasteiger charge is -2.25. The Labute approximate surface area is 129 Å². The first kappa shape index (κ1) is 17.3. The maximum atomic E-state index is 4.28. The van der Waals surface area contributed by atoms with Gasteiger partial charge in [-0.2, -0.15) is 0 Å². The van der Waals surface area contributed by atoms with Crippen LogP contribution in [0.15, 0.2) is 35.3 Å². The smallest absolute Gasteiger partial charge is 0.191 e. The van der Waals surface area contributed by atoms with E-state index in [-0.39, 0.29) is 0 Å². The Morgan fingerprint density at radius 3 is 2.33 bits per heavy atom. The Morgan fingerprint density at radius 1 is 1.14 bits per heavy atom. The summed E-state index contributed by atoms with van der Waals surface area (Å²) in [6, 6.07) is 11.1. The SMILES string of the molecule is CCC(C)NC(=NC)NCC(Nc1ccccc1)C(C)C. The van der Waals surface area contributed by atoms with Crippen molar-refractivity contribution in [1.82, 2.24) is 10.6 Å². The van der Waals surface area contributed by atoms with Gasteiger partial charge in [0.15, 0.2) is 5.96 Å². The van der Waals surface area contributed by atoms with E-state index in [0.29, 0.717) is 18.0 Å². The standard InChI is InChI=1S/C17H30N4/c1-6-14(4)20-17(18-5)19-12-16(13(2)3)21-15-10-8-7-9-11-15/h7-11,13-14,16,21H,6,12H2,1-5H3,(H2,18,19,20). The first-order valence-electron chi connectivity index (χ1n) is 7.85. The molecule has 0 radical (unpaired) electrons. The number of guanidine groups is 1. The van der Waals surface area contributed by atoms with Crippen molar-refractivity contribution in [2.45, 2.75) is 46.2 Å². The predicted octanol–water partition coefficient (Wildman–Crippen LogP) is 3.09. The minimum absolute atomic E-state index is 0.350. The van der Waals surface area contributed by atoms with E-state index in [2.05, 4.69) is 72.9 Å². The Balaban J connectivity index is 2.54. The molecule has 1 aromatic carbocycles. The van der Waals surface area contributed by atoms with Crippen LogP contribution in [0.2, 0.25) is 0 Å². The van der Waals surface area contributed by atoms with E-state index in [4.69, 9.17) is 0 Å². The molecule has 1 aromatic rings. The second kappa shape index (κ2) is 9.27. The highest BCUT2D eigenvalue weighted by atomic mass is 15.2. The molecule has 3 N–H and O–H groups in total. The van der Waals surface area contributed by atoms with Crippen LogP contribution in [-0.2, 0) is 0 Å². The average Bonchev–Trinajstić information content (AvgIpc) is 2.50. The lowest BCUT2D eigenvalue weighted by atomic mass is 10.0. The van der Waals surface area contributed by atoms with Crippen molar-refractivity contribution in [2.24, 2.45) is 10.9 Å². The fourth-order valence-electron chi connectivity index (χ4n) is 1.94. The van der Waals surface area contributed by atoms with Crippen LogP contribution in [0.25, 0.3) is 0 Å². The minimum atomic E-state index is 0.350. The zero-order valence-electron chi connectivity index (χ0n) is 14.0. The first-order valence-corrected chi connectivity index (χ1v) is 7.85. The number of para-hydroxylation sites is 1. The zero-order valence-corrected chi connectivity index (χ0v) is 14.0. The Hall–Kier alpha value is -1.71. The van der Waals surface area contributed by atoms with Crippen molar-refractivity contribution in [2.75, 3.05) is 18.9 Å². The van der Waals surface area contributed by atoms with Gasteiger partial charge in [0, 0.05) is 31.4 Å². The summed E-state index contributed by atoms with van der Waals surface area (Å²) in [5.41, 5.74) is 1.16. The van der Waals surface area contributed by atoms with Gasteiger partial charge in [-0.3, -0.25) is 4.99 Å². The molecule has 118 valence electrons. The summed E-state index contributed by atoms with van der Waals surface area (Å²) in [5, 5.41) is 10.4. The van der Waals surface area contributed by atoms with Crippen molar-refractivity contribution in [3.05, 3.63) is 30.3 Å². The number of aliphatic imine (C=N–C) groups is 1. The molecule has 0 aliphatic heterocycles. The molecule has 21 heavy (non-hydrogen) atoms. The molecule has 4 nitrogen and oxygen atoms in total. The Morgan fingerprint density at radius 2 is 1.81 bits per heavy atom. The molecule has 1 rings (SSSR count). The Bertz CT molecular complexity index is 414. The van der Waals surface area contributed by atoms with Gasteiger partial charge in [0.25, 0.3) is 0 Å². The van der Waals surface area contributed by atoms with E-state index in [1.165, 1.54) is 0 Å². The number of hydrogen-bond acceptors (Lipinski definition) is 2. The summed E-state index contributed by atoms with van der Waals surface area (Å²) in [4.78, 5) is 4.28. The van der Waals surface area contributed by atoms with Crippen LogP contribution in [0.3, 0.4) is 0 Å². The molecule has 0 aliphatic carbocycles. The van der Waals surface area contributed by atoms with Gasteiger partial charge >= 0.3 is 0 Å². The highest BCUT2D eigenvalue weighted by Crippen LogP contribution is 2.11. The lowest BCUT2D eigenvalue weighted by Crippen LogP contribution is -2.47. The third-order valence-electron chi connectivity index (χ3n) is 3.64. The van der Waals surface area contributed by atoms with Crippen LogP contribution in [0.5, 0.6) is 0 Å². The maximum absolute atomic E-state index is 4.28. The van der Waals surface area contributed by atoms with Gasteiger partial charge in [0.05, 0.1) is 0 Å². The van der Waals surface area contributed by atoms with Gasteiger partial charge < -0.3 is 16.0 Å². The summed E-state index contributed by atoms with van der Waals surface area (Å²) in [6.45, 7) is 9.62. The van der Waals surface area contributed by atoms with E-state index < -0.39 is 0 Å². The molecule has 2 atom stereocenters. The third-order valence-corrected chi connectivity index (χ3v) is 3.64.